The van der Waals surface area contributed by atoms with Crippen molar-refractivity contribution in [2.75, 3.05) is 141 Å². The van der Waals surface area contributed by atoms with E-state index in [1.165, 1.54) is 80.0 Å². The fourth-order valence-electron chi connectivity index (χ4n) is 15.0. The van der Waals surface area contributed by atoms with Gasteiger partial charge in [-0.1, -0.05) is 76.9 Å². The predicted molar refractivity (Wildman–Crippen MR) is 457 cm³/mol. The summed E-state index contributed by atoms with van der Waals surface area (Å²) in [5, 5.41) is 4.96. The number of nitrogens with two attached hydrogens (primary N) is 2. The van der Waals surface area contributed by atoms with E-state index in [2.05, 4.69) is 51.7 Å². The van der Waals surface area contributed by atoms with Gasteiger partial charge < -0.3 is 124 Å². The quantitative estimate of drug-likeness (QED) is 0.0210. The van der Waals surface area contributed by atoms with E-state index in [0.717, 1.165) is 30.5 Å². The summed E-state index contributed by atoms with van der Waals surface area (Å²) < 4.78 is 158. The first-order chi connectivity index (χ1) is 59.8. The van der Waals surface area contributed by atoms with Crippen molar-refractivity contribution in [1.82, 2.24) is 53.2 Å². The van der Waals surface area contributed by atoms with E-state index in [1.54, 1.807) is 36.5 Å². The largest absolute Gasteiger partial charge is 0.492 e. The molecule has 7 aromatic heterocycles. The van der Waals surface area contributed by atoms with Crippen molar-refractivity contribution in [3.8, 4) is 68.3 Å². The van der Waals surface area contributed by atoms with Crippen molar-refractivity contribution in [2.45, 2.75) is 121 Å². The third-order valence-corrected chi connectivity index (χ3v) is 20.6. The smallest absolute Gasteiger partial charge is 0.352 e. The van der Waals surface area contributed by atoms with E-state index in [1.807, 2.05) is 78.9 Å². The molecule has 684 valence electrons. The zero-order valence-electron chi connectivity index (χ0n) is 68.7. The van der Waals surface area contributed by atoms with Crippen LogP contribution in [0.5, 0.6) is 34.5 Å². The Bertz CT molecular complexity index is 5580. The van der Waals surface area contributed by atoms with Crippen LogP contribution in [0.4, 0.5) is 29.1 Å². The minimum Gasteiger partial charge on any atom is -0.492 e. The number of hydrogen-bond acceptors (Lipinski definition) is 28. The maximum atomic E-state index is 15.2. The molecule has 16 atom stereocenters. The maximum absolute atomic E-state index is 15.2. The highest BCUT2D eigenvalue weighted by Gasteiger charge is 2.51. The highest BCUT2D eigenvalue weighted by Crippen LogP contribution is 2.47. The first kappa shape index (κ1) is 97.1. The zero-order chi connectivity index (χ0) is 87.1. The normalized spacial score (nSPS) is 23.2. The second-order valence-corrected chi connectivity index (χ2v) is 28.6. The topological polar surface area (TPSA) is 463 Å². The number of hydrogen-bond donors (Lipinski definition) is 8. The molecule has 0 saturated carbocycles. The van der Waals surface area contributed by atoms with Gasteiger partial charge in [-0.25, -0.2) is 36.7 Å². The van der Waals surface area contributed by atoms with Gasteiger partial charge in [-0.15, -0.1) is 0 Å². The van der Waals surface area contributed by atoms with Gasteiger partial charge >= 0.3 is 22.8 Å². The predicted octanol–water partition coefficient (Wildman–Crippen LogP) is 6.68. The second kappa shape index (κ2) is 44.9. The minimum atomic E-state index is -1.58. The van der Waals surface area contributed by atoms with Crippen LogP contribution in [0, 0.1) is 0 Å². The summed E-state index contributed by atoms with van der Waals surface area (Å²) >= 11 is 0. The van der Waals surface area contributed by atoms with E-state index in [-0.39, 0.29) is 60.3 Å². The summed E-state index contributed by atoms with van der Waals surface area (Å²) in [6, 6.07) is 33.4. The van der Waals surface area contributed by atoms with Crippen molar-refractivity contribution >= 4 is 44.6 Å². The molecule has 4 aromatic carbocycles. The van der Waals surface area contributed by atoms with Gasteiger partial charge in [-0.2, -0.15) is 19.9 Å². The van der Waals surface area contributed by atoms with Gasteiger partial charge in [-0.05, 0) is 60.2 Å². The Kier molecular flexibility index (Phi) is 34.6. The number of methoxy groups -OCH3 is 8. The van der Waals surface area contributed by atoms with Crippen molar-refractivity contribution in [3.05, 3.63) is 176 Å². The average molecular weight is 1770 g/mol. The Labute approximate surface area is 721 Å². The molecule has 0 bridgehead atoms. The van der Waals surface area contributed by atoms with Gasteiger partial charge in [0.25, 0.3) is 0 Å². The number of H-pyrrole nitrogens is 3. The van der Waals surface area contributed by atoms with E-state index in [9.17, 15) is 28.0 Å². The molecule has 126 heavy (non-hydrogen) atoms. The number of halogens is 4. The number of quaternary nitrogens is 2. The zero-order valence-corrected chi connectivity index (χ0v) is 68.7. The van der Waals surface area contributed by atoms with Crippen LogP contribution in [0.15, 0.2) is 153 Å². The molecule has 12 heterocycles. The molecule has 5 aliphatic rings. The summed E-state index contributed by atoms with van der Waals surface area (Å²) in [6.45, 7) is 4.02. The molecule has 4 fully saturated rings. The maximum Gasteiger partial charge on any atom is 0.352 e. The molecule has 0 amide bonds. The monoisotopic (exact) mass is 1770 g/mol. The van der Waals surface area contributed by atoms with Crippen LogP contribution in [-0.4, -0.2) is 263 Å². The van der Waals surface area contributed by atoms with Gasteiger partial charge in [-0.3, -0.25) is 18.3 Å². The Balaban J connectivity index is 0.000000175. The van der Waals surface area contributed by atoms with Gasteiger partial charge in [0, 0.05) is 116 Å². The van der Waals surface area contributed by atoms with E-state index >= 15 is 8.78 Å². The van der Waals surface area contributed by atoms with Gasteiger partial charge in [0.2, 0.25) is 0 Å². The van der Waals surface area contributed by atoms with E-state index in [4.69, 9.17) is 92.0 Å². The summed E-state index contributed by atoms with van der Waals surface area (Å²) in [5.41, 5.74) is 22.5. The number of ether oxygens (including phenoxy) is 17. The Morgan fingerprint density at radius 1 is 0.413 bits per heavy atom. The van der Waals surface area contributed by atoms with Crippen LogP contribution in [-0.2, 0) is 56.8 Å². The summed E-state index contributed by atoms with van der Waals surface area (Å²) in [7, 11) is 11.6. The summed E-state index contributed by atoms with van der Waals surface area (Å²) in [4.78, 5) is 76.3. The molecule has 0 radical (unpaired) electrons. The molecule has 0 aliphatic carbocycles. The van der Waals surface area contributed by atoms with E-state index in [0.29, 0.717) is 137 Å². The Hall–Kier alpha value is -11.1. The number of nitrogens with zero attached hydrogens (tertiary/aromatic N) is 8. The fourth-order valence-corrected chi connectivity index (χ4v) is 15.0. The number of anilines is 2. The lowest BCUT2D eigenvalue weighted by molar-refractivity contribution is -0.371. The van der Waals surface area contributed by atoms with Gasteiger partial charge in [0.05, 0.1) is 49.6 Å². The van der Waals surface area contributed by atoms with Crippen LogP contribution in [0.2, 0.25) is 0 Å². The SMILES string of the molecule is C.C.C.COC[C@H]1O[C@@H](n2cc3c(nc2=O)Nc2c(OCC[NH3+])cccc2O3)[C@@H](F)C1OC.COC[C@H]1O[C@@H](n2cc3cc(-c4c(OCCN)cccc4OCC[NH3+])[nH]c3nc2=O)[C@@H](F)C1OC.COC[C@H]1O[C@@H](n2cc3cc(-c4ccccc4)[nH]c3nc2=O)[C@@H](F)C1OC.COC[C@H]1O[C@@H](n2cc3cc(-c4ccccc4OCCN)[nH]c3nc2=O)[C@@H](F)C1OC. The van der Waals surface area contributed by atoms with Crippen molar-refractivity contribution < 1.29 is 110 Å². The van der Waals surface area contributed by atoms with Crippen LogP contribution < -0.4 is 74.7 Å². The number of nitrogens with one attached hydrogen (secondary N) is 4. The molecular weight excluding hydrogens is 1660 g/mol. The molecule has 11 aromatic rings. The Morgan fingerprint density at radius 2 is 0.770 bits per heavy atom. The number of benzene rings is 4. The number of alkyl halides is 4. The van der Waals surface area contributed by atoms with E-state index < -0.39 is 121 Å². The van der Waals surface area contributed by atoms with Crippen LogP contribution in [0.25, 0.3) is 66.9 Å². The molecule has 16 rings (SSSR count). The third-order valence-electron chi connectivity index (χ3n) is 20.6. The summed E-state index contributed by atoms with van der Waals surface area (Å²) in [6.07, 6.45) is -10.9. The lowest BCUT2D eigenvalue weighted by atomic mass is 10.1. The number of aromatic nitrogens is 11. The van der Waals surface area contributed by atoms with Crippen molar-refractivity contribution in [3.63, 3.8) is 0 Å². The standard InChI is InChI=1S/C23H30FN5O6.C21H25FN4O5.C19H23FN4O6.C19H20FN3O4.3CH4/c1-31-12-17-20(32-2)19(24)22(35-17)29-11-13-10-14(27-21(13)28-23(29)30)18-15(33-8-6-25)4-3-5-16(18)34-9-7-26;1-28-11-16-18(29-2)17(22)20(31-16)26-10-12-9-14(24-19(12)25-21(26)27)13-5-3-4-6-15(13)30-8-7-23;1-26-9-13-16(27-2)14(20)18(30-13)24-8-12-17(23-19(24)25)22-15-10(28-7-6-21)4-3-5-11(15)29-12;1-25-10-14-16(26-2)15(20)18(27-14)23-9-12-8-13(11-6-4-3-5-7-11)21-17(12)22-19(23)24;;;/h3-5,10-11,17,19-20,22H,6-9,12,25-26H2,1-2H3,(H,27,28,30);3-6,9-10,16-18,20H,7-8,11,23H2,1-2H3,(H,24,25,27);3-5,8,13-14,16,18H,6-7,9,21H2,1-2H3,(H,22,23,25);3-9,14-16,18H,10H2,1-2H3,(H,21,22,24);3*1H4/p+2/t17-,19+,20?,22-;16-,17+,18?,20-;13-,14+,16?,18-;14-,15+,16?,18-;;;/m1111.../s1. The summed E-state index contributed by atoms with van der Waals surface area (Å²) in [5.74, 6) is 3.32. The number of aromatic amines is 3. The fraction of sp³-hybridized carbons (Fsp3) is 0.459. The number of rotatable bonds is 31. The molecule has 4 saturated heterocycles. The highest BCUT2D eigenvalue weighted by atomic mass is 19.1. The molecule has 5 aliphatic heterocycles. The van der Waals surface area contributed by atoms with Gasteiger partial charge in [0.1, 0.15) is 134 Å². The minimum absolute atomic E-state index is 0. The number of fused-ring (bicyclic) bond motifs is 5. The molecule has 4 unspecified atom stereocenters. The third kappa shape index (κ3) is 20.9. The Morgan fingerprint density at radius 3 is 1.21 bits per heavy atom. The lowest BCUT2D eigenvalue weighted by Crippen LogP contribution is -2.52. The lowest BCUT2D eigenvalue weighted by Gasteiger charge is -2.24. The first-order valence-electron chi connectivity index (χ1n) is 39.4. The first-order valence-corrected chi connectivity index (χ1v) is 39.4. The van der Waals surface area contributed by atoms with Crippen molar-refractivity contribution in [2.24, 2.45) is 11.5 Å². The van der Waals surface area contributed by atoms with Crippen LogP contribution >= 0.6 is 0 Å². The average Bonchev–Trinajstić information content (AvgIpc) is 1.68. The van der Waals surface area contributed by atoms with Crippen molar-refractivity contribution in [1.29, 1.82) is 0 Å². The number of para-hydroxylation sites is 2. The van der Waals surface area contributed by atoms with Crippen LogP contribution in [0.3, 0.4) is 0 Å². The van der Waals surface area contributed by atoms with Gasteiger partial charge in [0.15, 0.2) is 66.9 Å². The van der Waals surface area contributed by atoms with Crippen LogP contribution in [0.1, 0.15) is 47.2 Å². The molecular formula is C85H112F4N16O21+2. The molecule has 37 nitrogen and oxygen atoms in total. The second-order valence-electron chi connectivity index (χ2n) is 28.6. The molecule has 41 heteroatoms. The highest BCUT2D eigenvalue weighted by molar-refractivity contribution is 5.87. The molecule has 14 N–H and O–H groups in total. The molecule has 0 spiro atoms.